The molecule has 5 nitrogen and oxygen atoms in total. The summed E-state index contributed by atoms with van der Waals surface area (Å²) < 4.78 is 5.21. The van der Waals surface area contributed by atoms with Gasteiger partial charge in [0.15, 0.2) is 0 Å². The Bertz CT molecular complexity index is 643. The second kappa shape index (κ2) is 5.88. The van der Waals surface area contributed by atoms with Crippen molar-refractivity contribution in [3.8, 4) is 17.0 Å². The van der Waals surface area contributed by atoms with Crippen molar-refractivity contribution in [2.45, 2.75) is 26.4 Å². The van der Waals surface area contributed by atoms with Crippen LogP contribution in [0.1, 0.15) is 30.8 Å². The number of methoxy groups -OCH3 is 1. The Balaban J connectivity index is 2.51. The number of hydrogen-bond acceptors (Lipinski definition) is 4. The van der Waals surface area contributed by atoms with Crippen molar-refractivity contribution >= 4 is 0 Å². The van der Waals surface area contributed by atoms with E-state index in [1.807, 2.05) is 26.0 Å². The molecule has 0 fully saturated rings. The molecule has 0 aliphatic heterocycles. The van der Waals surface area contributed by atoms with Crippen LogP contribution in [0.4, 0.5) is 0 Å². The maximum Gasteiger partial charge on any atom is 0.262 e. The lowest BCUT2D eigenvalue weighted by Crippen LogP contribution is -2.17. The smallest absolute Gasteiger partial charge is 0.262 e. The van der Waals surface area contributed by atoms with E-state index in [1.54, 1.807) is 19.2 Å². The number of nitrogens with zero attached hydrogens (tertiary/aromatic N) is 1. The van der Waals surface area contributed by atoms with E-state index in [2.05, 4.69) is 9.97 Å². The highest BCUT2D eigenvalue weighted by atomic mass is 16.5. The van der Waals surface area contributed by atoms with Crippen LogP contribution in [0.5, 0.6) is 5.88 Å². The van der Waals surface area contributed by atoms with Gasteiger partial charge in [-0.05, 0) is 18.9 Å². The first-order chi connectivity index (χ1) is 9.56. The Morgan fingerprint density at radius 2 is 2.00 bits per heavy atom. The van der Waals surface area contributed by atoms with Crippen LogP contribution in [0, 0.1) is 6.92 Å². The van der Waals surface area contributed by atoms with Crippen LogP contribution in [-0.4, -0.2) is 22.2 Å². The van der Waals surface area contributed by atoms with Crippen LogP contribution in [0.3, 0.4) is 0 Å². The number of aromatic nitrogens is 2. The summed E-state index contributed by atoms with van der Waals surface area (Å²) in [6.07, 6.45) is 0.323. The number of ether oxygens (including phenoxy) is 1. The predicted molar refractivity (Wildman–Crippen MR) is 76.7 cm³/mol. The molecule has 2 N–H and O–H groups in total. The third-order valence-electron chi connectivity index (χ3n) is 3.22. The first-order valence-electron chi connectivity index (χ1n) is 6.49. The Kier molecular flexibility index (Phi) is 4.20. The first kappa shape index (κ1) is 14.3. The molecule has 0 aliphatic rings. The summed E-state index contributed by atoms with van der Waals surface area (Å²) in [5, 5.41) is 10.0. The quantitative estimate of drug-likeness (QED) is 0.898. The van der Waals surface area contributed by atoms with Crippen molar-refractivity contribution in [1.82, 2.24) is 9.97 Å². The molecule has 2 aromatic rings. The second-order valence-corrected chi connectivity index (χ2v) is 4.65. The molecule has 0 amide bonds. The van der Waals surface area contributed by atoms with E-state index >= 15 is 0 Å². The van der Waals surface area contributed by atoms with Crippen LogP contribution in [0.2, 0.25) is 0 Å². The molecular formula is C15H18N2O3. The van der Waals surface area contributed by atoms with Gasteiger partial charge in [-0.15, -0.1) is 0 Å². The molecular weight excluding hydrogens is 256 g/mol. The van der Waals surface area contributed by atoms with Crippen LogP contribution in [0.25, 0.3) is 11.1 Å². The maximum atomic E-state index is 12.2. The van der Waals surface area contributed by atoms with Crippen LogP contribution >= 0.6 is 0 Å². The number of rotatable bonds is 4. The molecule has 0 aliphatic carbocycles. The number of H-pyrrole nitrogens is 1. The molecule has 5 heteroatoms. The Morgan fingerprint density at radius 3 is 2.50 bits per heavy atom. The third kappa shape index (κ3) is 2.72. The number of nitrogens with one attached hydrogen (secondary N) is 1. The zero-order valence-corrected chi connectivity index (χ0v) is 11.8. The standard InChI is InChI=1S/C15H18N2O3/c1-4-11(20-3)13-16-14(18)12(15(19)17-13)10-7-5-9(2)6-8-10/h5-8,11H,4H2,1-3H3,(H2,16,17,18,19). The lowest BCUT2D eigenvalue weighted by molar-refractivity contribution is 0.0918. The molecule has 106 valence electrons. The molecule has 1 aromatic heterocycles. The Hall–Kier alpha value is -2.14. The van der Waals surface area contributed by atoms with Gasteiger partial charge in [-0.3, -0.25) is 4.79 Å². The van der Waals surface area contributed by atoms with E-state index in [0.717, 1.165) is 5.56 Å². The molecule has 0 bridgehead atoms. The highest BCUT2D eigenvalue weighted by molar-refractivity contribution is 5.67. The van der Waals surface area contributed by atoms with Gasteiger partial charge in [-0.25, -0.2) is 0 Å². The van der Waals surface area contributed by atoms with E-state index in [1.165, 1.54) is 0 Å². The average Bonchev–Trinajstić information content (AvgIpc) is 2.41. The van der Waals surface area contributed by atoms with E-state index in [-0.39, 0.29) is 23.1 Å². The minimum Gasteiger partial charge on any atom is -0.493 e. The zero-order valence-electron chi connectivity index (χ0n) is 11.8. The molecule has 2 rings (SSSR count). The van der Waals surface area contributed by atoms with Crippen molar-refractivity contribution < 1.29 is 9.84 Å². The molecule has 1 unspecified atom stereocenters. The number of benzene rings is 1. The van der Waals surface area contributed by atoms with Gasteiger partial charge in [0.1, 0.15) is 17.5 Å². The van der Waals surface area contributed by atoms with Crippen molar-refractivity contribution in [3.63, 3.8) is 0 Å². The minimum absolute atomic E-state index is 0.180. The van der Waals surface area contributed by atoms with Gasteiger partial charge in [0.05, 0.1) is 0 Å². The molecule has 0 saturated carbocycles. The maximum absolute atomic E-state index is 12.2. The van der Waals surface area contributed by atoms with Crippen LogP contribution in [0.15, 0.2) is 29.1 Å². The molecule has 0 radical (unpaired) electrons. The fourth-order valence-corrected chi connectivity index (χ4v) is 2.08. The van der Waals surface area contributed by atoms with Crippen LogP contribution < -0.4 is 5.56 Å². The molecule has 0 saturated heterocycles. The summed E-state index contributed by atoms with van der Waals surface area (Å²) >= 11 is 0. The number of aromatic amines is 1. The van der Waals surface area contributed by atoms with Crippen molar-refractivity contribution in [3.05, 3.63) is 46.0 Å². The van der Waals surface area contributed by atoms with E-state index in [4.69, 9.17) is 4.74 Å². The molecule has 1 heterocycles. The average molecular weight is 274 g/mol. The lowest BCUT2D eigenvalue weighted by atomic mass is 10.1. The Morgan fingerprint density at radius 1 is 1.35 bits per heavy atom. The monoisotopic (exact) mass is 274 g/mol. The van der Waals surface area contributed by atoms with Gasteiger partial charge < -0.3 is 14.8 Å². The number of aryl methyl sites for hydroxylation is 1. The van der Waals surface area contributed by atoms with Gasteiger partial charge in [-0.2, -0.15) is 4.98 Å². The summed E-state index contributed by atoms with van der Waals surface area (Å²) in [5.74, 6) is 0.0662. The normalized spacial score (nSPS) is 12.3. The van der Waals surface area contributed by atoms with E-state index < -0.39 is 0 Å². The number of hydrogen-bond donors (Lipinski definition) is 2. The largest absolute Gasteiger partial charge is 0.493 e. The summed E-state index contributed by atoms with van der Waals surface area (Å²) in [7, 11) is 1.54. The van der Waals surface area contributed by atoms with Gasteiger partial charge in [0, 0.05) is 7.11 Å². The van der Waals surface area contributed by atoms with E-state index in [0.29, 0.717) is 17.8 Å². The van der Waals surface area contributed by atoms with Gasteiger partial charge in [0.25, 0.3) is 5.56 Å². The fraction of sp³-hybridized carbons (Fsp3) is 0.333. The molecule has 20 heavy (non-hydrogen) atoms. The van der Waals surface area contributed by atoms with Gasteiger partial charge in [-0.1, -0.05) is 36.8 Å². The SMILES string of the molecule is CCC(OC)c1nc(O)c(-c2ccc(C)cc2)c(=O)[nH]1. The van der Waals surface area contributed by atoms with Gasteiger partial charge >= 0.3 is 0 Å². The highest BCUT2D eigenvalue weighted by Gasteiger charge is 2.17. The van der Waals surface area contributed by atoms with Crippen LogP contribution in [-0.2, 0) is 4.74 Å². The van der Waals surface area contributed by atoms with E-state index in [9.17, 15) is 9.90 Å². The predicted octanol–water partition coefficient (Wildman–Crippen LogP) is 2.55. The second-order valence-electron chi connectivity index (χ2n) is 4.65. The Labute approximate surface area is 117 Å². The molecule has 0 spiro atoms. The van der Waals surface area contributed by atoms with Crippen molar-refractivity contribution in [2.75, 3.05) is 7.11 Å². The third-order valence-corrected chi connectivity index (χ3v) is 3.22. The lowest BCUT2D eigenvalue weighted by Gasteiger charge is -2.13. The summed E-state index contributed by atoms with van der Waals surface area (Å²) in [6.45, 7) is 3.87. The first-order valence-corrected chi connectivity index (χ1v) is 6.49. The number of aromatic hydroxyl groups is 1. The van der Waals surface area contributed by atoms with Crippen molar-refractivity contribution in [1.29, 1.82) is 0 Å². The zero-order chi connectivity index (χ0) is 14.7. The topological polar surface area (TPSA) is 75.2 Å². The summed E-state index contributed by atoms with van der Waals surface area (Å²) in [4.78, 5) is 18.9. The van der Waals surface area contributed by atoms with Crippen molar-refractivity contribution in [2.24, 2.45) is 0 Å². The highest BCUT2D eigenvalue weighted by Crippen LogP contribution is 2.25. The summed E-state index contributed by atoms with van der Waals surface area (Å²) in [5.41, 5.74) is 1.53. The fourth-order valence-electron chi connectivity index (χ4n) is 2.08. The molecule has 1 atom stereocenters. The van der Waals surface area contributed by atoms with Gasteiger partial charge in [0.2, 0.25) is 5.88 Å². The minimum atomic E-state index is -0.369. The molecule has 1 aromatic carbocycles. The summed E-state index contributed by atoms with van der Waals surface area (Å²) in [6, 6.07) is 7.33.